The van der Waals surface area contributed by atoms with E-state index in [0.29, 0.717) is 0 Å². The maximum absolute atomic E-state index is 4.66. The van der Waals surface area contributed by atoms with E-state index < -0.39 is 0 Å². The molecule has 0 saturated carbocycles. The van der Waals surface area contributed by atoms with E-state index >= 15 is 0 Å². The maximum Gasteiger partial charge on any atom is 0.184 e. The van der Waals surface area contributed by atoms with Crippen molar-refractivity contribution < 1.29 is 0 Å². The summed E-state index contributed by atoms with van der Waals surface area (Å²) in [5.74, 6) is 0. The molecule has 5 heteroatoms. The van der Waals surface area contributed by atoms with Crippen molar-refractivity contribution in [2.45, 2.75) is 13.0 Å². The Morgan fingerprint density at radius 2 is 1.87 bits per heavy atom. The lowest BCUT2D eigenvalue weighted by Gasteiger charge is -2.17. The van der Waals surface area contributed by atoms with Gasteiger partial charge in [0.05, 0.1) is 21.9 Å². The molecule has 0 radical (unpaired) electrons. The van der Waals surface area contributed by atoms with Crippen LogP contribution < -0.4 is 5.32 Å². The molecule has 4 rings (SSSR count). The van der Waals surface area contributed by atoms with Crippen molar-refractivity contribution in [1.82, 2.24) is 14.8 Å². The molecule has 0 spiro atoms. The van der Waals surface area contributed by atoms with E-state index in [-0.39, 0.29) is 6.04 Å². The van der Waals surface area contributed by atoms with Gasteiger partial charge in [-0.05, 0) is 36.8 Å². The molecule has 0 aliphatic rings. The molecule has 114 valence electrons. The van der Waals surface area contributed by atoms with Gasteiger partial charge in [0.25, 0.3) is 0 Å². The molecule has 0 fully saturated rings. The van der Waals surface area contributed by atoms with Crippen LogP contribution in [0.25, 0.3) is 15.9 Å². The minimum absolute atomic E-state index is 0.135. The summed E-state index contributed by atoms with van der Waals surface area (Å²) in [5.41, 5.74) is 3.31. The normalized spacial score (nSPS) is 12.4. The van der Waals surface area contributed by atoms with Gasteiger partial charge < -0.3 is 5.32 Å². The summed E-state index contributed by atoms with van der Waals surface area (Å²) in [7, 11) is 0. The van der Waals surface area contributed by atoms with Crippen molar-refractivity contribution in [2.24, 2.45) is 0 Å². The fourth-order valence-corrected chi connectivity index (χ4v) is 3.62. The summed E-state index contributed by atoms with van der Waals surface area (Å²) in [5, 5.41) is 8.80. The fourth-order valence-electron chi connectivity index (χ4n) is 2.67. The van der Waals surface area contributed by atoms with Gasteiger partial charge in [0.15, 0.2) is 5.13 Å². The second-order valence-corrected chi connectivity index (χ2v) is 6.39. The van der Waals surface area contributed by atoms with E-state index in [0.717, 1.165) is 16.3 Å². The van der Waals surface area contributed by atoms with Crippen molar-refractivity contribution in [3.8, 4) is 5.69 Å². The molecule has 0 amide bonds. The van der Waals surface area contributed by atoms with Gasteiger partial charge in [0, 0.05) is 12.4 Å². The second-order valence-electron chi connectivity index (χ2n) is 5.36. The van der Waals surface area contributed by atoms with Crippen molar-refractivity contribution in [1.29, 1.82) is 0 Å². The number of para-hydroxylation sites is 2. The molecule has 23 heavy (non-hydrogen) atoms. The Morgan fingerprint density at radius 1 is 1.04 bits per heavy atom. The topological polar surface area (TPSA) is 42.7 Å². The van der Waals surface area contributed by atoms with Crippen molar-refractivity contribution in [3.63, 3.8) is 0 Å². The predicted octanol–water partition coefficient (Wildman–Crippen LogP) is 4.66. The van der Waals surface area contributed by atoms with E-state index in [1.165, 1.54) is 10.3 Å². The highest BCUT2D eigenvalue weighted by molar-refractivity contribution is 7.22. The Hall–Kier alpha value is -2.66. The number of hydrogen-bond donors (Lipinski definition) is 1. The number of nitrogens with one attached hydrogen (secondary N) is 1. The number of hydrogen-bond acceptors (Lipinski definition) is 4. The minimum atomic E-state index is 0.135. The van der Waals surface area contributed by atoms with Crippen LogP contribution in [0.15, 0.2) is 67.0 Å². The SMILES string of the molecule is CC(Nc1nc2ccccc2s1)c1ccccc1-n1cccn1. The number of anilines is 1. The van der Waals surface area contributed by atoms with E-state index in [1.807, 2.05) is 41.2 Å². The highest BCUT2D eigenvalue weighted by Gasteiger charge is 2.13. The minimum Gasteiger partial charge on any atom is -0.355 e. The first kappa shape index (κ1) is 14.0. The lowest BCUT2D eigenvalue weighted by molar-refractivity contribution is 0.817. The Bertz CT molecular complexity index is 894. The Balaban J connectivity index is 1.66. The molecule has 1 unspecified atom stereocenters. The summed E-state index contributed by atoms with van der Waals surface area (Å²) >= 11 is 1.68. The van der Waals surface area contributed by atoms with Crippen LogP contribution in [0.3, 0.4) is 0 Å². The van der Waals surface area contributed by atoms with Crippen LogP contribution in [0.2, 0.25) is 0 Å². The van der Waals surface area contributed by atoms with Gasteiger partial charge in [-0.25, -0.2) is 9.67 Å². The van der Waals surface area contributed by atoms with Crippen LogP contribution in [0, 0.1) is 0 Å². The highest BCUT2D eigenvalue weighted by Crippen LogP contribution is 2.30. The summed E-state index contributed by atoms with van der Waals surface area (Å²) in [4.78, 5) is 4.66. The third kappa shape index (κ3) is 2.71. The molecular weight excluding hydrogens is 304 g/mol. The Morgan fingerprint density at radius 3 is 2.70 bits per heavy atom. The number of rotatable bonds is 4. The van der Waals surface area contributed by atoms with Gasteiger partial charge in [-0.1, -0.05) is 41.7 Å². The molecule has 4 nitrogen and oxygen atoms in total. The number of nitrogens with zero attached hydrogens (tertiary/aromatic N) is 3. The van der Waals surface area contributed by atoms with Gasteiger partial charge in [-0.15, -0.1) is 0 Å². The molecule has 2 aromatic heterocycles. The second kappa shape index (κ2) is 5.85. The third-order valence-electron chi connectivity index (χ3n) is 3.79. The first-order valence-corrected chi connectivity index (χ1v) is 8.34. The zero-order valence-corrected chi connectivity index (χ0v) is 13.5. The van der Waals surface area contributed by atoms with Crippen LogP contribution >= 0.6 is 11.3 Å². The molecule has 2 aromatic carbocycles. The monoisotopic (exact) mass is 320 g/mol. The predicted molar refractivity (Wildman–Crippen MR) is 95.2 cm³/mol. The lowest BCUT2D eigenvalue weighted by atomic mass is 10.1. The lowest BCUT2D eigenvalue weighted by Crippen LogP contribution is -2.10. The molecule has 0 bridgehead atoms. The van der Waals surface area contributed by atoms with Crippen LogP contribution in [0.1, 0.15) is 18.5 Å². The standard InChI is InChI=1S/C18H16N4S/c1-13(20-18-21-15-8-3-5-10-17(15)23-18)14-7-2-4-9-16(14)22-12-6-11-19-22/h2-13H,1H3,(H,20,21). The third-order valence-corrected chi connectivity index (χ3v) is 4.76. The molecule has 0 aliphatic carbocycles. The van der Waals surface area contributed by atoms with Crippen molar-refractivity contribution in [3.05, 3.63) is 72.6 Å². The number of thiazole rings is 1. The van der Waals surface area contributed by atoms with Gasteiger partial charge in [0.1, 0.15) is 0 Å². The first-order valence-electron chi connectivity index (χ1n) is 7.52. The zero-order chi connectivity index (χ0) is 15.6. The van der Waals surface area contributed by atoms with Crippen LogP contribution in [0.5, 0.6) is 0 Å². The Kier molecular flexibility index (Phi) is 3.55. The van der Waals surface area contributed by atoms with Crippen LogP contribution in [0.4, 0.5) is 5.13 Å². The molecule has 0 saturated heterocycles. The fraction of sp³-hybridized carbons (Fsp3) is 0.111. The number of aromatic nitrogens is 3. The summed E-state index contributed by atoms with van der Waals surface area (Å²) in [6, 6.07) is 18.6. The molecule has 1 atom stereocenters. The van der Waals surface area contributed by atoms with Gasteiger partial charge >= 0.3 is 0 Å². The molecule has 2 heterocycles. The van der Waals surface area contributed by atoms with Gasteiger partial charge in [0.2, 0.25) is 0 Å². The van der Waals surface area contributed by atoms with Gasteiger partial charge in [-0.2, -0.15) is 5.10 Å². The summed E-state index contributed by atoms with van der Waals surface area (Å²) in [6.07, 6.45) is 3.76. The molecule has 1 N–H and O–H groups in total. The van der Waals surface area contributed by atoms with Gasteiger partial charge in [-0.3, -0.25) is 0 Å². The van der Waals surface area contributed by atoms with Crippen molar-refractivity contribution in [2.75, 3.05) is 5.32 Å². The zero-order valence-electron chi connectivity index (χ0n) is 12.7. The average Bonchev–Trinajstić information content (AvgIpc) is 3.24. The van der Waals surface area contributed by atoms with Crippen LogP contribution in [-0.4, -0.2) is 14.8 Å². The van der Waals surface area contributed by atoms with Crippen molar-refractivity contribution >= 4 is 26.7 Å². The number of fused-ring (bicyclic) bond motifs is 1. The molecule has 0 aliphatic heterocycles. The summed E-state index contributed by atoms with van der Waals surface area (Å²) in [6.45, 7) is 2.15. The maximum atomic E-state index is 4.66. The average molecular weight is 320 g/mol. The van der Waals surface area contributed by atoms with E-state index in [4.69, 9.17) is 0 Å². The largest absolute Gasteiger partial charge is 0.355 e. The first-order chi connectivity index (χ1) is 11.3. The molecule has 4 aromatic rings. The summed E-state index contributed by atoms with van der Waals surface area (Å²) < 4.78 is 3.09. The smallest absolute Gasteiger partial charge is 0.184 e. The molecular formula is C18H16N4S. The van der Waals surface area contributed by atoms with E-state index in [2.05, 4.69) is 46.6 Å². The Labute approximate surface area is 138 Å². The van der Waals surface area contributed by atoms with E-state index in [9.17, 15) is 0 Å². The van der Waals surface area contributed by atoms with E-state index in [1.54, 1.807) is 17.5 Å². The van der Waals surface area contributed by atoms with Crippen LogP contribution in [-0.2, 0) is 0 Å². The quantitative estimate of drug-likeness (QED) is 0.595. The highest BCUT2D eigenvalue weighted by atomic mass is 32.1. The number of benzene rings is 2.